The van der Waals surface area contributed by atoms with Crippen molar-refractivity contribution in [1.82, 2.24) is 10.2 Å². The standard InChI is InChI=1S/C14H20N2O2/c1-11-2-3-12(18-11)13(17)16-8-5-14(6-9-16)4-7-15-10-14/h2-3,15H,4-10H2,1H3. The quantitative estimate of drug-likeness (QED) is 0.824. The minimum absolute atomic E-state index is 0.0453. The molecule has 0 bridgehead atoms. The Labute approximate surface area is 107 Å². The predicted molar refractivity (Wildman–Crippen MR) is 68.5 cm³/mol. The molecule has 1 spiro atoms. The van der Waals surface area contributed by atoms with E-state index in [1.165, 1.54) is 6.42 Å². The fourth-order valence-electron chi connectivity index (χ4n) is 3.11. The molecule has 2 aliphatic heterocycles. The molecule has 0 unspecified atom stereocenters. The number of rotatable bonds is 1. The molecular formula is C14H20N2O2. The van der Waals surface area contributed by atoms with Gasteiger partial charge in [0.15, 0.2) is 5.76 Å². The van der Waals surface area contributed by atoms with E-state index in [-0.39, 0.29) is 5.91 Å². The van der Waals surface area contributed by atoms with Gasteiger partial charge >= 0.3 is 0 Å². The number of carbonyl (C=O) groups is 1. The monoisotopic (exact) mass is 248 g/mol. The molecule has 4 heteroatoms. The van der Waals surface area contributed by atoms with Gasteiger partial charge in [-0.15, -0.1) is 0 Å². The van der Waals surface area contributed by atoms with Crippen molar-refractivity contribution in [2.75, 3.05) is 26.2 Å². The second-order valence-corrected chi connectivity index (χ2v) is 5.63. The highest BCUT2D eigenvalue weighted by molar-refractivity contribution is 5.91. The molecule has 2 fully saturated rings. The highest BCUT2D eigenvalue weighted by Gasteiger charge is 2.38. The smallest absolute Gasteiger partial charge is 0.289 e. The summed E-state index contributed by atoms with van der Waals surface area (Å²) in [7, 11) is 0. The van der Waals surface area contributed by atoms with E-state index in [0.29, 0.717) is 11.2 Å². The van der Waals surface area contributed by atoms with Crippen molar-refractivity contribution < 1.29 is 9.21 Å². The lowest BCUT2D eigenvalue weighted by Crippen LogP contribution is -2.43. The van der Waals surface area contributed by atoms with Crippen LogP contribution in [0.15, 0.2) is 16.5 Å². The second kappa shape index (κ2) is 4.43. The number of hydrogen-bond donors (Lipinski definition) is 1. The first-order chi connectivity index (χ1) is 8.69. The summed E-state index contributed by atoms with van der Waals surface area (Å²) in [4.78, 5) is 14.2. The average Bonchev–Trinajstić information content (AvgIpc) is 3.00. The fourth-order valence-corrected chi connectivity index (χ4v) is 3.11. The van der Waals surface area contributed by atoms with Crippen LogP contribution in [0.1, 0.15) is 35.6 Å². The van der Waals surface area contributed by atoms with Gasteiger partial charge in [0.05, 0.1) is 0 Å². The Morgan fingerprint density at radius 2 is 2.11 bits per heavy atom. The Morgan fingerprint density at radius 1 is 1.33 bits per heavy atom. The molecule has 98 valence electrons. The van der Waals surface area contributed by atoms with E-state index < -0.39 is 0 Å². The third kappa shape index (κ3) is 2.05. The minimum atomic E-state index is 0.0453. The maximum absolute atomic E-state index is 12.2. The van der Waals surface area contributed by atoms with E-state index in [1.807, 2.05) is 17.9 Å². The van der Waals surface area contributed by atoms with Gasteiger partial charge in [0.1, 0.15) is 5.76 Å². The molecule has 0 aliphatic carbocycles. The molecule has 1 aromatic heterocycles. The molecule has 0 aromatic carbocycles. The summed E-state index contributed by atoms with van der Waals surface area (Å²) in [6, 6.07) is 3.62. The maximum Gasteiger partial charge on any atom is 0.289 e. The van der Waals surface area contributed by atoms with Crippen LogP contribution in [0.3, 0.4) is 0 Å². The largest absolute Gasteiger partial charge is 0.456 e. The zero-order chi connectivity index (χ0) is 12.6. The zero-order valence-electron chi connectivity index (χ0n) is 10.9. The molecule has 0 atom stereocenters. The fraction of sp³-hybridized carbons (Fsp3) is 0.643. The number of carbonyl (C=O) groups excluding carboxylic acids is 1. The van der Waals surface area contributed by atoms with Gasteiger partial charge in [0.2, 0.25) is 0 Å². The van der Waals surface area contributed by atoms with Gasteiger partial charge in [-0.25, -0.2) is 0 Å². The van der Waals surface area contributed by atoms with Gasteiger partial charge < -0.3 is 14.6 Å². The zero-order valence-corrected chi connectivity index (χ0v) is 10.9. The molecular weight excluding hydrogens is 228 g/mol. The van der Waals surface area contributed by atoms with Crippen molar-refractivity contribution in [2.45, 2.75) is 26.2 Å². The van der Waals surface area contributed by atoms with Crippen LogP contribution in [0, 0.1) is 12.3 Å². The van der Waals surface area contributed by atoms with Gasteiger partial charge in [0.25, 0.3) is 5.91 Å². The van der Waals surface area contributed by atoms with E-state index in [4.69, 9.17) is 4.42 Å². The van der Waals surface area contributed by atoms with E-state index in [0.717, 1.165) is 44.8 Å². The van der Waals surface area contributed by atoms with Crippen molar-refractivity contribution >= 4 is 5.91 Å². The normalized spacial score (nSPS) is 22.6. The van der Waals surface area contributed by atoms with Crippen LogP contribution in [-0.2, 0) is 0 Å². The second-order valence-electron chi connectivity index (χ2n) is 5.63. The van der Waals surface area contributed by atoms with Crippen molar-refractivity contribution in [1.29, 1.82) is 0 Å². The maximum atomic E-state index is 12.2. The number of nitrogens with zero attached hydrogens (tertiary/aromatic N) is 1. The van der Waals surface area contributed by atoms with Crippen molar-refractivity contribution in [2.24, 2.45) is 5.41 Å². The highest BCUT2D eigenvalue weighted by atomic mass is 16.3. The van der Waals surface area contributed by atoms with Gasteiger partial charge in [-0.1, -0.05) is 0 Å². The SMILES string of the molecule is Cc1ccc(C(=O)N2CCC3(CCNC3)CC2)o1. The number of furan rings is 1. The predicted octanol–water partition coefficient (Wildman–Crippen LogP) is 1.80. The molecule has 2 saturated heterocycles. The summed E-state index contributed by atoms with van der Waals surface area (Å²) in [6.45, 7) is 5.84. The number of aryl methyl sites for hydroxylation is 1. The highest BCUT2D eigenvalue weighted by Crippen LogP contribution is 2.37. The molecule has 2 aliphatic rings. The Hall–Kier alpha value is -1.29. The molecule has 1 amide bonds. The lowest BCUT2D eigenvalue weighted by atomic mass is 9.78. The number of hydrogen-bond acceptors (Lipinski definition) is 3. The number of amides is 1. The van der Waals surface area contributed by atoms with Crippen LogP contribution in [0.4, 0.5) is 0 Å². The Balaban J connectivity index is 1.64. The van der Waals surface area contributed by atoms with Crippen LogP contribution in [0.5, 0.6) is 0 Å². The van der Waals surface area contributed by atoms with Crippen molar-refractivity contribution in [3.63, 3.8) is 0 Å². The summed E-state index contributed by atoms with van der Waals surface area (Å²) in [5, 5.41) is 3.44. The first-order valence-electron chi connectivity index (χ1n) is 6.75. The summed E-state index contributed by atoms with van der Waals surface area (Å²) < 4.78 is 5.41. The lowest BCUT2D eigenvalue weighted by Gasteiger charge is -2.38. The van der Waals surface area contributed by atoms with Crippen LogP contribution < -0.4 is 5.32 Å². The van der Waals surface area contributed by atoms with Crippen molar-refractivity contribution in [3.8, 4) is 0 Å². The van der Waals surface area contributed by atoms with Crippen LogP contribution in [0.2, 0.25) is 0 Å². The first kappa shape index (κ1) is 11.8. The lowest BCUT2D eigenvalue weighted by molar-refractivity contribution is 0.0576. The van der Waals surface area contributed by atoms with E-state index in [2.05, 4.69) is 5.32 Å². The topological polar surface area (TPSA) is 45.5 Å². The summed E-state index contributed by atoms with van der Waals surface area (Å²) in [5.74, 6) is 1.32. The van der Waals surface area contributed by atoms with E-state index in [9.17, 15) is 4.79 Å². The summed E-state index contributed by atoms with van der Waals surface area (Å²) >= 11 is 0. The third-order valence-corrected chi connectivity index (χ3v) is 4.39. The summed E-state index contributed by atoms with van der Waals surface area (Å²) in [6.07, 6.45) is 3.49. The number of likely N-dealkylation sites (tertiary alicyclic amines) is 1. The van der Waals surface area contributed by atoms with Gasteiger partial charge in [0, 0.05) is 19.6 Å². The first-order valence-corrected chi connectivity index (χ1v) is 6.75. The molecule has 3 rings (SSSR count). The van der Waals surface area contributed by atoms with Crippen LogP contribution in [0.25, 0.3) is 0 Å². The Morgan fingerprint density at radius 3 is 2.67 bits per heavy atom. The van der Waals surface area contributed by atoms with Crippen molar-refractivity contribution in [3.05, 3.63) is 23.7 Å². The molecule has 0 saturated carbocycles. The molecule has 4 nitrogen and oxygen atoms in total. The van der Waals surface area contributed by atoms with Crippen LogP contribution >= 0.6 is 0 Å². The van der Waals surface area contributed by atoms with Gasteiger partial charge in [-0.2, -0.15) is 0 Å². The summed E-state index contributed by atoms with van der Waals surface area (Å²) in [5.41, 5.74) is 0.454. The molecule has 3 heterocycles. The molecule has 1 N–H and O–H groups in total. The molecule has 1 aromatic rings. The van der Waals surface area contributed by atoms with E-state index in [1.54, 1.807) is 6.07 Å². The van der Waals surface area contributed by atoms with E-state index >= 15 is 0 Å². The Kier molecular flexibility index (Phi) is 2.90. The van der Waals surface area contributed by atoms with Gasteiger partial charge in [-0.3, -0.25) is 4.79 Å². The van der Waals surface area contributed by atoms with Gasteiger partial charge in [-0.05, 0) is 50.3 Å². The third-order valence-electron chi connectivity index (χ3n) is 4.39. The van der Waals surface area contributed by atoms with Crippen LogP contribution in [-0.4, -0.2) is 37.0 Å². The average molecular weight is 248 g/mol. The Bertz CT molecular complexity index is 436. The number of piperidine rings is 1. The minimum Gasteiger partial charge on any atom is -0.456 e. The molecule has 0 radical (unpaired) electrons. The number of nitrogens with one attached hydrogen (secondary N) is 1. The molecule has 18 heavy (non-hydrogen) atoms.